The topological polar surface area (TPSA) is 82.5 Å². The lowest BCUT2D eigenvalue weighted by Crippen LogP contribution is -2.11. The summed E-state index contributed by atoms with van der Waals surface area (Å²) in [4.78, 5) is 5.74. The molecule has 7 nitrogen and oxygen atoms in total. The Balaban J connectivity index is 1.78. The highest BCUT2D eigenvalue weighted by atomic mass is 19.1. The van der Waals surface area contributed by atoms with Gasteiger partial charge in [-0.1, -0.05) is 30.6 Å². The van der Waals surface area contributed by atoms with Gasteiger partial charge in [0.15, 0.2) is 5.82 Å². The van der Waals surface area contributed by atoms with Gasteiger partial charge < -0.3 is 4.52 Å². The maximum Gasteiger partial charge on any atom is 0.253 e. The maximum absolute atomic E-state index is 13.3. The van der Waals surface area contributed by atoms with E-state index in [0.717, 1.165) is 19.3 Å². The van der Waals surface area contributed by atoms with E-state index in [1.807, 2.05) is 6.92 Å². The summed E-state index contributed by atoms with van der Waals surface area (Å²) in [7, 11) is 0. The second kappa shape index (κ2) is 6.64. The number of halogens is 1. The lowest BCUT2D eigenvalue weighted by molar-refractivity contribution is 0.318. The zero-order valence-electron chi connectivity index (χ0n) is 13.0. The third-order valence-electron chi connectivity index (χ3n) is 3.45. The van der Waals surface area contributed by atoms with E-state index in [-0.39, 0.29) is 11.9 Å². The fourth-order valence-electron chi connectivity index (χ4n) is 2.10. The number of unbranched alkanes of at least 4 members (excludes halogenated alkanes) is 1. The average Bonchev–Trinajstić information content (AvgIpc) is 3.22. The van der Waals surface area contributed by atoms with Crippen LogP contribution in [-0.2, 0) is 6.42 Å². The molecule has 0 aliphatic carbocycles. The van der Waals surface area contributed by atoms with Gasteiger partial charge in [0.05, 0.1) is 0 Å². The van der Waals surface area contributed by atoms with E-state index in [1.54, 1.807) is 12.1 Å². The van der Waals surface area contributed by atoms with Crippen LogP contribution in [0.5, 0.6) is 0 Å². The molecule has 0 saturated heterocycles. The molecule has 3 aromatic rings. The first-order valence-corrected chi connectivity index (χ1v) is 7.55. The predicted octanol–water partition coefficient (Wildman–Crippen LogP) is 2.81. The highest BCUT2D eigenvalue weighted by molar-refractivity contribution is 5.53. The molecule has 0 saturated carbocycles. The molecule has 120 valence electrons. The fraction of sp³-hybridized carbons (Fsp3) is 0.400. The number of tetrazole rings is 1. The van der Waals surface area contributed by atoms with Gasteiger partial charge in [-0.2, -0.15) is 9.78 Å². The molecule has 0 aliphatic rings. The molecule has 0 bridgehead atoms. The Morgan fingerprint density at radius 1 is 1.35 bits per heavy atom. The highest BCUT2D eigenvalue weighted by Gasteiger charge is 2.19. The van der Waals surface area contributed by atoms with Crippen LogP contribution in [-0.4, -0.2) is 30.3 Å². The summed E-state index contributed by atoms with van der Waals surface area (Å²) in [6.07, 6.45) is 2.87. The number of hydrogen-bond donors (Lipinski definition) is 0. The van der Waals surface area contributed by atoms with Crippen molar-refractivity contribution in [3.63, 3.8) is 0 Å². The zero-order chi connectivity index (χ0) is 16.2. The molecule has 0 amide bonds. The van der Waals surface area contributed by atoms with Crippen LogP contribution in [0, 0.1) is 5.82 Å². The third kappa shape index (κ3) is 3.41. The molecule has 1 aromatic carbocycles. The zero-order valence-corrected chi connectivity index (χ0v) is 13.0. The molecule has 1 atom stereocenters. The van der Waals surface area contributed by atoms with Gasteiger partial charge in [-0.25, -0.2) is 4.39 Å². The van der Waals surface area contributed by atoms with Crippen LogP contribution in [0.3, 0.4) is 0 Å². The summed E-state index contributed by atoms with van der Waals surface area (Å²) in [6.45, 7) is 3.95. The summed E-state index contributed by atoms with van der Waals surface area (Å²) in [5.41, 5.74) is 0.567. The molecule has 0 N–H and O–H groups in total. The molecule has 3 rings (SSSR count). The van der Waals surface area contributed by atoms with Crippen molar-refractivity contribution in [2.75, 3.05) is 0 Å². The second-order valence-corrected chi connectivity index (χ2v) is 5.27. The first-order valence-electron chi connectivity index (χ1n) is 7.55. The van der Waals surface area contributed by atoms with Crippen molar-refractivity contribution < 1.29 is 8.91 Å². The number of rotatable bonds is 6. The summed E-state index contributed by atoms with van der Waals surface area (Å²) in [5, 5.41) is 16.2. The summed E-state index contributed by atoms with van der Waals surface area (Å²) in [6, 6.07) is 5.72. The monoisotopic (exact) mass is 316 g/mol. The molecule has 0 spiro atoms. The van der Waals surface area contributed by atoms with Crippen LogP contribution < -0.4 is 0 Å². The summed E-state index contributed by atoms with van der Waals surface area (Å²) < 4.78 is 18.5. The SMILES string of the molecule is CCCCc1noc([C@H](C)n2nnc(-c3cccc(F)c3)n2)n1. The van der Waals surface area contributed by atoms with Gasteiger partial charge in [-0.3, -0.25) is 0 Å². The van der Waals surface area contributed by atoms with E-state index in [9.17, 15) is 4.39 Å². The highest BCUT2D eigenvalue weighted by Crippen LogP contribution is 2.18. The predicted molar refractivity (Wildman–Crippen MR) is 79.9 cm³/mol. The van der Waals surface area contributed by atoms with E-state index in [0.29, 0.717) is 23.1 Å². The molecule has 8 heteroatoms. The number of aryl methyl sites for hydroxylation is 1. The van der Waals surface area contributed by atoms with Gasteiger partial charge >= 0.3 is 0 Å². The van der Waals surface area contributed by atoms with E-state index >= 15 is 0 Å². The maximum atomic E-state index is 13.3. The largest absolute Gasteiger partial charge is 0.337 e. The Bertz CT molecular complexity index is 784. The quantitative estimate of drug-likeness (QED) is 0.695. The van der Waals surface area contributed by atoms with E-state index in [1.165, 1.54) is 16.9 Å². The minimum absolute atomic E-state index is 0.340. The van der Waals surface area contributed by atoms with Crippen molar-refractivity contribution in [2.24, 2.45) is 0 Å². The molecule has 23 heavy (non-hydrogen) atoms. The van der Waals surface area contributed by atoms with Crippen molar-refractivity contribution in [3.8, 4) is 11.4 Å². The molecule has 2 aromatic heterocycles. The van der Waals surface area contributed by atoms with Crippen molar-refractivity contribution in [2.45, 2.75) is 39.2 Å². The number of benzene rings is 1. The standard InChI is InChI=1S/C15H17FN6O/c1-3-4-8-13-17-15(23-20-13)10(2)22-19-14(18-21-22)11-6-5-7-12(16)9-11/h5-7,9-10H,3-4,8H2,1-2H3/t10-/m0/s1. The summed E-state index contributed by atoms with van der Waals surface area (Å²) >= 11 is 0. The second-order valence-electron chi connectivity index (χ2n) is 5.27. The summed E-state index contributed by atoms with van der Waals surface area (Å²) in [5.74, 6) is 1.12. The van der Waals surface area contributed by atoms with Crippen LogP contribution in [0.25, 0.3) is 11.4 Å². The van der Waals surface area contributed by atoms with Crippen LogP contribution in [0.1, 0.15) is 44.4 Å². The van der Waals surface area contributed by atoms with Crippen LogP contribution in [0.15, 0.2) is 28.8 Å². The molecule has 0 fully saturated rings. The van der Waals surface area contributed by atoms with E-state index < -0.39 is 0 Å². The number of aromatic nitrogens is 6. The van der Waals surface area contributed by atoms with Gasteiger partial charge in [-0.15, -0.1) is 10.2 Å². The molecule has 0 radical (unpaired) electrons. The minimum Gasteiger partial charge on any atom is -0.337 e. The van der Waals surface area contributed by atoms with Gasteiger partial charge in [0.2, 0.25) is 5.82 Å². The van der Waals surface area contributed by atoms with Gasteiger partial charge in [-0.05, 0) is 30.7 Å². The van der Waals surface area contributed by atoms with E-state index in [4.69, 9.17) is 4.52 Å². The number of hydrogen-bond acceptors (Lipinski definition) is 6. The van der Waals surface area contributed by atoms with Gasteiger partial charge in [0.1, 0.15) is 11.9 Å². The van der Waals surface area contributed by atoms with Crippen molar-refractivity contribution in [1.82, 2.24) is 30.3 Å². The minimum atomic E-state index is -0.343. The lowest BCUT2D eigenvalue weighted by Gasteiger charge is -2.02. The van der Waals surface area contributed by atoms with Crippen LogP contribution in [0.2, 0.25) is 0 Å². The molecular formula is C15H17FN6O. The Morgan fingerprint density at radius 2 is 2.22 bits per heavy atom. The smallest absolute Gasteiger partial charge is 0.253 e. The van der Waals surface area contributed by atoms with Gasteiger partial charge in [0, 0.05) is 12.0 Å². The molecule has 0 unspecified atom stereocenters. The lowest BCUT2D eigenvalue weighted by atomic mass is 10.2. The fourth-order valence-corrected chi connectivity index (χ4v) is 2.10. The average molecular weight is 316 g/mol. The molecular weight excluding hydrogens is 299 g/mol. The van der Waals surface area contributed by atoms with Crippen molar-refractivity contribution in [3.05, 3.63) is 41.8 Å². The van der Waals surface area contributed by atoms with Crippen molar-refractivity contribution in [1.29, 1.82) is 0 Å². The Hall–Kier alpha value is -2.64. The number of nitrogens with zero attached hydrogens (tertiary/aromatic N) is 6. The van der Waals surface area contributed by atoms with Gasteiger partial charge in [0.25, 0.3) is 5.89 Å². The Labute approximate surface area is 132 Å². The first kappa shape index (κ1) is 15.3. The Kier molecular flexibility index (Phi) is 4.40. The van der Waals surface area contributed by atoms with Crippen molar-refractivity contribution >= 4 is 0 Å². The van der Waals surface area contributed by atoms with Crippen LogP contribution >= 0.6 is 0 Å². The third-order valence-corrected chi connectivity index (χ3v) is 3.45. The molecule has 0 aliphatic heterocycles. The van der Waals surface area contributed by atoms with Crippen LogP contribution in [0.4, 0.5) is 4.39 Å². The normalized spacial score (nSPS) is 12.5. The molecule has 2 heterocycles. The Morgan fingerprint density at radius 3 is 3.00 bits per heavy atom. The van der Waals surface area contributed by atoms with E-state index in [2.05, 4.69) is 32.5 Å². The first-order chi connectivity index (χ1) is 11.2.